The third kappa shape index (κ3) is 7.10. The highest BCUT2D eigenvalue weighted by atomic mass is 35.5. The van der Waals surface area contributed by atoms with E-state index in [4.69, 9.17) is 21.1 Å². The maximum atomic E-state index is 12.1. The molecule has 17 heteroatoms. The van der Waals surface area contributed by atoms with Crippen LogP contribution in [0.25, 0.3) is 11.0 Å². The minimum Gasteiger partial charge on any atom is -0.434 e. The van der Waals surface area contributed by atoms with Gasteiger partial charge in [0.05, 0.1) is 24.8 Å². The molecule has 4 rings (SSSR count). The number of carbonyl (C=O) groups is 1. The molecular weight excluding hydrogens is 549 g/mol. The molecule has 5 atom stereocenters. The lowest BCUT2D eigenvalue weighted by Gasteiger charge is -2.17. The second kappa shape index (κ2) is 12.8. The molecule has 2 aromatic heterocycles. The predicted octanol–water partition coefficient (Wildman–Crippen LogP) is 2.15. The fraction of sp³-hybridized carbons (Fsp3) is 0.714. The Kier molecular flexibility index (Phi) is 9.76. The van der Waals surface area contributed by atoms with Crippen LogP contribution in [0.1, 0.15) is 45.3 Å². The van der Waals surface area contributed by atoms with E-state index in [0.29, 0.717) is 23.3 Å². The standard InChI is InChI=1S/C21H31ClN5O10P/c1-2-7-34-21(30)35-10-36-38(31,32)11-33-9-14-15(28)16(29)19(37-14)27-18-13(8-23-27)17(25-20(22)26-18)24-12-5-3-4-6-12/h8,12,14-16,19,28-29H,2-7,9-11H2,1H3,(H,31,32)(H,24,25,26)/t14-,15-,16-,19-/m1/s1. The summed E-state index contributed by atoms with van der Waals surface area (Å²) in [4.78, 5) is 29.6. The smallest absolute Gasteiger partial charge is 0.434 e. The number of halogens is 1. The molecular formula is C21H31ClN5O10P. The van der Waals surface area contributed by atoms with Crippen LogP contribution >= 0.6 is 19.2 Å². The predicted molar refractivity (Wildman–Crippen MR) is 131 cm³/mol. The molecule has 0 radical (unpaired) electrons. The number of anilines is 1. The SMILES string of the molecule is CCCOC(=O)OCOP(=O)(O)COC[C@H]1O[C@@H](n2ncc3c(NC4CCCC4)nc(Cl)nc32)[C@H](O)[C@@H]1O. The maximum absolute atomic E-state index is 12.1. The van der Waals surface area contributed by atoms with E-state index in [1.54, 1.807) is 6.92 Å². The van der Waals surface area contributed by atoms with Crippen molar-refractivity contribution in [1.82, 2.24) is 19.7 Å². The molecule has 3 heterocycles. The summed E-state index contributed by atoms with van der Waals surface area (Å²) in [5.41, 5.74) is 0.300. The van der Waals surface area contributed by atoms with Crippen molar-refractivity contribution in [2.45, 2.75) is 69.6 Å². The summed E-state index contributed by atoms with van der Waals surface area (Å²) in [6.45, 7) is 0.770. The first-order valence-corrected chi connectivity index (χ1v) is 14.3. The minimum atomic E-state index is -4.30. The van der Waals surface area contributed by atoms with Crippen molar-refractivity contribution in [3.63, 3.8) is 0 Å². The van der Waals surface area contributed by atoms with Crippen LogP contribution in [-0.2, 0) is 28.0 Å². The van der Waals surface area contributed by atoms with Gasteiger partial charge in [0.2, 0.25) is 12.1 Å². The van der Waals surface area contributed by atoms with Crippen molar-refractivity contribution in [3.05, 3.63) is 11.5 Å². The van der Waals surface area contributed by atoms with E-state index in [9.17, 15) is 24.5 Å². The van der Waals surface area contributed by atoms with Crippen LogP contribution in [0.15, 0.2) is 6.20 Å². The van der Waals surface area contributed by atoms with Gasteiger partial charge >= 0.3 is 13.8 Å². The highest BCUT2D eigenvalue weighted by Gasteiger charge is 2.45. The highest BCUT2D eigenvalue weighted by molar-refractivity contribution is 7.52. The first-order valence-electron chi connectivity index (χ1n) is 12.2. The van der Waals surface area contributed by atoms with Gasteiger partial charge in [-0.25, -0.2) is 9.48 Å². The van der Waals surface area contributed by atoms with Crippen LogP contribution in [0.3, 0.4) is 0 Å². The topological polar surface area (TPSA) is 197 Å². The van der Waals surface area contributed by atoms with E-state index in [2.05, 4.69) is 34.4 Å². The summed E-state index contributed by atoms with van der Waals surface area (Å²) in [6, 6.07) is 0.261. The summed E-state index contributed by atoms with van der Waals surface area (Å²) in [7, 11) is -4.30. The Morgan fingerprint density at radius 2 is 2.03 bits per heavy atom. The molecule has 0 amide bonds. The first-order chi connectivity index (χ1) is 18.2. The molecule has 1 unspecified atom stereocenters. The lowest BCUT2D eigenvalue weighted by molar-refractivity contribution is -0.0668. The Labute approximate surface area is 222 Å². The Hall–Kier alpha value is -2.10. The lowest BCUT2D eigenvalue weighted by atomic mass is 10.1. The third-order valence-corrected chi connectivity index (χ3v) is 7.28. The molecule has 2 aromatic rings. The normalized spacial score (nSPS) is 25.5. The Morgan fingerprint density at radius 1 is 1.26 bits per heavy atom. The number of nitrogens with one attached hydrogen (secondary N) is 1. The molecule has 1 saturated heterocycles. The summed E-state index contributed by atoms with van der Waals surface area (Å²) in [6.07, 6.45) is -0.438. The van der Waals surface area contributed by atoms with Gasteiger partial charge < -0.3 is 39.4 Å². The monoisotopic (exact) mass is 579 g/mol. The summed E-state index contributed by atoms with van der Waals surface area (Å²) >= 11 is 6.15. The number of carbonyl (C=O) groups excluding carboxylic acids is 1. The number of rotatable bonds is 12. The molecule has 15 nitrogen and oxygen atoms in total. The third-order valence-electron chi connectivity index (χ3n) is 6.09. The van der Waals surface area contributed by atoms with Gasteiger partial charge in [0.25, 0.3) is 0 Å². The molecule has 2 fully saturated rings. The van der Waals surface area contributed by atoms with Gasteiger partial charge in [0.15, 0.2) is 11.9 Å². The number of aliphatic hydroxyl groups excluding tert-OH is 2. The summed E-state index contributed by atoms with van der Waals surface area (Å²) in [5, 5.41) is 29.4. The fourth-order valence-corrected chi connectivity index (χ4v) is 5.03. The van der Waals surface area contributed by atoms with Crippen LogP contribution in [0, 0.1) is 0 Å². The molecule has 2 aliphatic rings. The van der Waals surface area contributed by atoms with Crippen molar-refractivity contribution in [1.29, 1.82) is 0 Å². The van der Waals surface area contributed by atoms with Crippen molar-refractivity contribution in [2.24, 2.45) is 0 Å². The quantitative estimate of drug-likeness (QED) is 0.123. The largest absolute Gasteiger partial charge is 0.510 e. The second-order valence-electron chi connectivity index (χ2n) is 8.97. The van der Waals surface area contributed by atoms with Crippen molar-refractivity contribution < 1.29 is 47.9 Å². The van der Waals surface area contributed by atoms with Crippen LogP contribution in [0.5, 0.6) is 0 Å². The lowest BCUT2D eigenvalue weighted by Crippen LogP contribution is -2.34. The zero-order valence-corrected chi connectivity index (χ0v) is 22.3. The van der Waals surface area contributed by atoms with Gasteiger partial charge in [0.1, 0.15) is 30.5 Å². The van der Waals surface area contributed by atoms with Crippen molar-refractivity contribution in [2.75, 3.05) is 31.7 Å². The van der Waals surface area contributed by atoms with Gasteiger partial charge in [-0.1, -0.05) is 19.8 Å². The van der Waals surface area contributed by atoms with E-state index in [1.165, 1.54) is 10.9 Å². The molecule has 1 saturated carbocycles. The number of fused-ring (bicyclic) bond motifs is 1. The molecule has 0 aromatic carbocycles. The number of aliphatic hydroxyl groups is 2. The maximum Gasteiger partial charge on any atom is 0.510 e. The number of aromatic nitrogens is 4. The first kappa shape index (κ1) is 28.9. The second-order valence-corrected chi connectivity index (χ2v) is 11.1. The van der Waals surface area contributed by atoms with E-state index in [0.717, 1.165) is 25.7 Å². The van der Waals surface area contributed by atoms with Crippen LogP contribution in [0.2, 0.25) is 5.28 Å². The van der Waals surface area contributed by atoms with Crippen molar-refractivity contribution in [3.8, 4) is 0 Å². The van der Waals surface area contributed by atoms with Gasteiger partial charge in [-0.15, -0.1) is 0 Å². The average Bonchev–Trinajstić information content (AvgIpc) is 3.59. The minimum absolute atomic E-state index is 0.0195. The zero-order valence-electron chi connectivity index (χ0n) is 20.6. The Balaban J connectivity index is 1.34. The van der Waals surface area contributed by atoms with Gasteiger partial charge in [-0.05, 0) is 30.9 Å². The zero-order chi connectivity index (χ0) is 27.3. The Morgan fingerprint density at radius 3 is 2.76 bits per heavy atom. The van der Waals surface area contributed by atoms with Gasteiger partial charge in [0, 0.05) is 6.04 Å². The summed E-state index contributed by atoms with van der Waals surface area (Å²) in [5.74, 6) is 0.521. The molecule has 4 N–H and O–H groups in total. The molecule has 1 aliphatic heterocycles. The van der Waals surface area contributed by atoms with E-state index in [1.807, 2.05) is 0 Å². The Bertz CT molecular complexity index is 1150. The number of ether oxygens (including phenoxy) is 4. The van der Waals surface area contributed by atoms with E-state index >= 15 is 0 Å². The van der Waals surface area contributed by atoms with Crippen LogP contribution < -0.4 is 5.32 Å². The van der Waals surface area contributed by atoms with E-state index < -0.39 is 51.4 Å². The van der Waals surface area contributed by atoms with Crippen LogP contribution in [0.4, 0.5) is 10.6 Å². The van der Waals surface area contributed by atoms with E-state index in [-0.39, 0.29) is 24.5 Å². The number of nitrogens with zero attached hydrogens (tertiary/aromatic N) is 4. The molecule has 212 valence electrons. The molecule has 1 aliphatic carbocycles. The molecule has 0 spiro atoms. The summed E-state index contributed by atoms with van der Waals surface area (Å²) < 4.78 is 38.2. The highest BCUT2D eigenvalue weighted by Crippen LogP contribution is 2.42. The number of hydrogen-bond acceptors (Lipinski definition) is 13. The van der Waals surface area contributed by atoms with Gasteiger partial charge in [-0.3, -0.25) is 9.09 Å². The molecule has 38 heavy (non-hydrogen) atoms. The fourth-order valence-electron chi connectivity index (χ4n) is 4.23. The number of hydrogen-bond donors (Lipinski definition) is 4. The average molecular weight is 580 g/mol. The van der Waals surface area contributed by atoms with Crippen LogP contribution in [-0.4, -0.2) is 91.7 Å². The molecule has 0 bridgehead atoms. The van der Waals surface area contributed by atoms with Crippen molar-refractivity contribution >= 4 is 42.2 Å². The van der Waals surface area contributed by atoms with Gasteiger partial charge in [-0.2, -0.15) is 15.1 Å².